The fraction of sp³-hybridized carbons (Fsp3) is 0.583. The van der Waals surface area contributed by atoms with Crippen LogP contribution in [0.1, 0.15) is 37.0 Å². The number of tetrazole rings is 1. The van der Waals surface area contributed by atoms with Crippen LogP contribution in [-0.4, -0.2) is 26.2 Å². The van der Waals surface area contributed by atoms with Crippen LogP contribution >= 0.6 is 11.3 Å². The zero-order valence-corrected chi connectivity index (χ0v) is 11.9. The quantitative estimate of drug-likeness (QED) is 0.866. The second-order valence-corrected chi connectivity index (χ2v) is 5.51. The summed E-state index contributed by atoms with van der Waals surface area (Å²) in [5.74, 6) is 0.888. The number of aromatic nitrogens is 4. The summed E-state index contributed by atoms with van der Waals surface area (Å²) < 4.78 is 1.88. The third-order valence-electron chi connectivity index (χ3n) is 2.79. The summed E-state index contributed by atoms with van der Waals surface area (Å²) >= 11 is 1.77. The molecule has 0 aliphatic heterocycles. The molecular weight excluding hydrogens is 246 g/mol. The molecule has 6 heteroatoms. The van der Waals surface area contributed by atoms with Gasteiger partial charge in [0.05, 0.1) is 13.1 Å². The Morgan fingerprint density at radius 3 is 3.00 bits per heavy atom. The highest BCUT2D eigenvalue weighted by Gasteiger charge is 2.10. The number of hydrogen-bond acceptors (Lipinski definition) is 5. The van der Waals surface area contributed by atoms with Crippen LogP contribution in [0.4, 0.5) is 0 Å². The fourth-order valence-electron chi connectivity index (χ4n) is 1.72. The van der Waals surface area contributed by atoms with Gasteiger partial charge in [0.25, 0.3) is 0 Å². The Balaban J connectivity index is 2.07. The van der Waals surface area contributed by atoms with Crippen molar-refractivity contribution in [3.05, 3.63) is 27.7 Å². The number of aryl methyl sites for hydroxylation is 1. The first-order valence-corrected chi connectivity index (χ1v) is 7.12. The molecule has 0 atom stereocenters. The minimum atomic E-state index is 0.433. The summed E-state index contributed by atoms with van der Waals surface area (Å²) in [5, 5.41) is 17.4. The molecule has 0 fully saturated rings. The summed E-state index contributed by atoms with van der Waals surface area (Å²) in [6, 6.07) is 2.61. The van der Waals surface area contributed by atoms with Crippen molar-refractivity contribution in [2.24, 2.45) is 0 Å². The lowest BCUT2D eigenvalue weighted by Crippen LogP contribution is -2.24. The van der Waals surface area contributed by atoms with Gasteiger partial charge in [-0.2, -0.15) is 0 Å². The van der Waals surface area contributed by atoms with E-state index in [-0.39, 0.29) is 0 Å². The third kappa shape index (κ3) is 3.14. The van der Waals surface area contributed by atoms with Gasteiger partial charge in [0.15, 0.2) is 5.82 Å². The molecule has 0 saturated carbocycles. The van der Waals surface area contributed by atoms with Gasteiger partial charge in [0, 0.05) is 10.9 Å². The molecule has 0 spiro atoms. The molecule has 0 unspecified atom stereocenters. The Hall–Kier alpha value is -1.27. The van der Waals surface area contributed by atoms with Gasteiger partial charge in [-0.15, -0.1) is 16.4 Å². The average molecular weight is 265 g/mol. The van der Waals surface area contributed by atoms with E-state index >= 15 is 0 Å². The summed E-state index contributed by atoms with van der Waals surface area (Å²) in [7, 11) is 0. The van der Waals surface area contributed by atoms with E-state index in [4.69, 9.17) is 0 Å². The van der Waals surface area contributed by atoms with Crippen molar-refractivity contribution in [1.82, 2.24) is 25.5 Å². The summed E-state index contributed by atoms with van der Waals surface area (Å²) in [6.07, 6.45) is 1.06. The molecule has 2 aromatic rings. The van der Waals surface area contributed by atoms with Crippen molar-refractivity contribution < 1.29 is 0 Å². The molecule has 0 amide bonds. The molecular formula is C12H19N5S. The van der Waals surface area contributed by atoms with Crippen molar-refractivity contribution in [2.75, 3.05) is 0 Å². The molecule has 5 nitrogen and oxygen atoms in total. The molecule has 2 heterocycles. The van der Waals surface area contributed by atoms with E-state index in [1.165, 1.54) is 10.4 Å². The highest BCUT2D eigenvalue weighted by atomic mass is 32.1. The lowest BCUT2D eigenvalue weighted by molar-refractivity contribution is 0.538. The predicted molar refractivity (Wildman–Crippen MR) is 72.6 cm³/mol. The minimum absolute atomic E-state index is 0.433. The molecule has 18 heavy (non-hydrogen) atoms. The molecule has 98 valence electrons. The predicted octanol–water partition coefficient (Wildman–Crippen LogP) is 1.84. The van der Waals surface area contributed by atoms with Gasteiger partial charge in [-0.3, -0.25) is 0 Å². The minimum Gasteiger partial charge on any atom is -0.308 e. The van der Waals surface area contributed by atoms with Gasteiger partial charge in [-0.05, 0) is 33.9 Å². The lowest BCUT2D eigenvalue weighted by Gasteiger charge is -2.08. The second-order valence-electron chi connectivity index (χ2n) is 4.51. The van der Waals surface area contributed by atoms with Crippen LogP contribution in [0.2, 0.25) is 0 Å². The van der Waals surface area contributed by atoms with E-state index < -0.39 is 0 Å². The van der Waals surface area contributed by atoms with Gasteiger partial charge in [0.1, 0.15) is 0 Å². The average Bonchev–Trinajstić information content (AvgIpc) is 2.96. The van der Waals surface area contributed by atoms with Crippen LogP contribution in [0.3, 0.4) is 0 Å². The van der Waals surface area contributed by atoms with Crippen LogP contribution in [0.5, 0.6) is 0 Å². The molecule has 0 bridgehead atoms. The summed E-state index contributed by atoms with van der Waals surface area (Å²) in [5.41, 5.74) is 1.39. The van der Waals surface area contributed by atoms with Crippen molar-refractivity contribution >= 4 is 11.3 Å². The van der Waals surface area contributed by atoms with Crippen LogP contribution in [0.15, 0.2) is 11.4 Å². The largest absolute Gasteiger partial charge is 0.308 e. The first-order valence-electron chi connectivity index (χ1n) is 6.24. The molecule has 0 aromatic carbocycles. The monoisotopic (exact) mass is 265 g/mol. The maximum Gasteiger partial charge on any atom is 0.165 e. The van der Waals surface area contributed by atoms with E-state index in [9.17, 15) is 0 Å². The van der Waals surface area contributed by atoms with Gasteiger partial charge >= 0.3 is 0 Å². The van der Waals surface area contributed by atoms with E-state index in [1.54, 1.807) is 11.3 Å². The lowest BCUT2D eigenvalue weighted by atomic mass is 10.2. The van der Waals surface area contributed by atoms with Crippen molar-refractivity contribution in [3.8, 4) is 0 Å². The maximum atomic E-state index is 4.07. The molecule has 2 aromatic heterocycles. The van der Waals surface area contributed by atoms with Crippen molar-refractivity contribution in [2.45, 2.75) is 46.3 Å². The zero-order chi connectivity index (χ0) is 13.0. The van der Waals surface area contributed by atoms with Gasteiger partial charge in [-0.25, -0.2) is 4.68 Å². The highest BCUT2D eigenvalue weighted by Crippen LogP contribution is 2.18. The SMILES string of the molecule is CCc1ccsc1Cn1nnnc1CNC(C)C. The molecule has 1 N–H and O–H groups in total. The van der Waals surface area contributed by atoms with Crippen molar-refractivity contribution in [1.29, 1.82) is 0 Å². The Bertz CT molecular complexity index is 488. The van der Waals surface area contributed by atoms with Crippen LogP contribution in [-0.2, 0) is 19.5 Å². The number of nitrogens with zero attached hydrogens (tertiary/aromatic N) is 4. The number of nitrogens with one attached hydrogen (secondary N) is 1. The fourth-order valence-corrected chi connectivity index (χ4v) is 2.68. The molecule has 0 saturated heterocycles. The summed E-state index contributed by atoms with van der Waals surface area (Å²) in [6.45, 7) is 7.87. The maximum absolute atomic E-state index is 4.07. The molecule has 0 aliphatic rings. The molecule has 0 radical (unpaired) electrons. The van der Waals surface area contributed by atoms with Crippen LogP contribution in [0, 0.1) is 0 Å². The van der Waals surface area contributed by atoms with E-state index in [1.807, 2.05) is 4.68 Å². The van der Waals surface area contributed by atoms with Gasteiger partial charge < -0.3 is 5.32 Å². The number of rotatable bonds is 6. The van der Waals surface area contributed by atoms with Gasteiger partial charge in [-0.1, -0.05) is 20.8 Å². The van der Waals surface area contributed by atoms with Crippen LogP contribution < -0.4 is 5.32 Å². The topological polar surface area (TPSA) is 55.6 Å². The molecule has 0 aliphatic carbocycles. The Kier molecular flexibility index (Phi) is 4.43. The second kappa shape index (κ2) is 6.06. The molecule has 2 rings (SSSR count). The Morgan fingerprint density at radius 2 is 2.28 bits per heavy atom. The number of thiophene rings is 1. The third-order valence-corrected chi connectivity index (χ3v) is 3.73. The van der Waals surface area contributed by atoms with Gasteiger partial charge in [0.2, 0.25) is 0 Å². The van der Waals surface area contributed by atoms with Crippen molar-refractivity contribution in [3.63, 3.8) is 0 Å². The first kappa shape index (κ1) is 13.2. The summed E-state index contributed by atoms with van der Waals surface area (Å²) in [4.78, 5) is 1.34. The standard InChI is InChI=1S/C12H19N5S/c1-4-10-5-6-18-11(10)8-17-12(14-15-16-17)7-13-9(2)3/h5-6,9,13H,4,7-8H2,1-3H3. The smallest absolute Gasteiger partial charge is 0.165 e. The van der Waals surface area contributed by atoms with Crippen LogP contribution in [0.25, 0.3) is 0 Å². The van der Waals surface area contributed by atoms with E-state index in [2.05, 4.69) is 53.1 Å². The zero-order valence-electron chi connectivity index (χ0n) is 11.1. The first-order chi connectivity index (χ1) is 8.70. The van der Waals surface area contributed by atoms with E-state index in [0.717, 1.165) is 18.8 Å². The Labute approximate surface area is 111 Å². The van der Waals surface area contributed by atoms with E-state index in [0.29, 0.717) is 12.6 Å². The number of hydrogen-bond donors (Lipinski definition) is 1. The Morgan fingerprint density at radius 1 is 1.44 bits per heavy atom. The highest BCUT2D eigenvalue weighted by molar-refractivity contribution is 7.10. The normalized spacial score (nSPS) is 11.3.